The second-order valence-corrected chi connectivity index (χ2v) is 6.20. The van der Waals surface area contributed by atoms with Crippen LogP contribution in [0.1, 0.15) is 15.9 Å². The highest BCUT2D eigenvalue weighted by Crippen LogP contribution is 2.20. The minimum atomic E-state index is -0.246. The number of methoxy groups -OCH3 is 1. The molecule has 0 atom stereocenters. The van der Waals surface area contributed by atoms with Crippen LogP contribution in [0.4, 0.5) is 0 Å². The first-order valence-electron chi connectivity index (χ1n) is 6.02. The molecule has 0 aromatic heterocycles. The molecule has 0 fully saturated rings. The molecule has 0 unspecified atom stereocenters. The van der Waals surface area contributed by atoms with Gasteiger partial charge in [0.2, 0.25) is 0 Å². The third-order valence-electron chi connectivity index (χ3n) is 2.66. The Hall–Kier alpha value is -1.41. The third kappa shape index (κ3) is 4.53. The van der Waals surface area contributed by atoms with E-state index in [1.807, 2.05) is 30.3 Å². The molecule has 2 aromatic rings. The number of hydrazone groups is 1. The lowest BCUT2D eigenvalue weighted by Gasteiger charge is -2.03. The Bertz CT molecular complexity index is 689. The van der Waals surface area contributed by atoms with Gasteiger partial charge in [0.25, 0.3) is 5.91 Å². The molecule has 0 heterocycles. The summed E-state index contributed by atoms with van der Waals surface area (Å²) in [4.78, 5) is 11.9. The van der Waals surface area contributed by atoms with Crippen molar-refractivity contribution in [3.8, 4) is 5.75 Å². The Morgan fingerprint density at radius 1 is 1.33 bits per heavy atom. The van der Waals surface area contributed by atoms with E-state index in [1.165, 1.54) is 0 Å². The summed E-state index contributed by atoms with van der Waals surface area (Å²) in [5, 5.41) is 3.97. The van der Waals surface area contributed by atoms with Crippen molar-refractivity contribution in [1.29, 1.82) is 0 Å². The molecule has 0 bridgehead atoms. The van der Waals surface area contributed by atoms with Crippen molar-refractivity contribution in [2.24, 2.45) is 5.10 Å². The standard InChI is InChI=1S/C15H12BrIN2O2/c1-21-13-5-6-14(16)11(8-13)9-18-19-15(20)10-3-2-4-12(17)7-10/h2-9H,1H3,(H,19,20). The SMILES string of the molecule is COc1ccc(Br)c(C=NNC(=O)c2cccc(I)c2)c1. The number of rotatable bonds is 4. The first kappa shape index (κ1) is 16.0. The lowest BCUT2D eigenvalue weighted by atomic mass is 10.2. The molecule has 0 saturated heterocycles. The van der Waals surface area contributed by atoms with E-state index >= 15 is 0 Å². The maximum atomic E-state index is 11.9. The third-order valence-corrected chi connectivity index (χ3v) is 4.05. The van der Waals surface area contributed by atoms with E-state index in [-0.39, 0.29) is 5.91 Å². The van der Waals surface area contributed by atoms with Crippen LogP contribution in [0, 0.1) is 3.57 Å². The molecular formula is C15H12BrIN2O2. The van der Waals surface area contributed by atoms with E-state index in [1.54, 1.807) is 25.5 Å². The summed E-state index contributed by atoms with van der Waals surface area (Å²) in [5.41, 5.74) is 3.89. The minimum Gasteiger partial charge on any atom is -0.497 e. The normalized spacial score (nSPS) is 10.6. The minimum absolute atomic E-state index is 0.246. The highest BCUT2D eigenvalue weighted by atomic mass is 127. The van der Waals surface area contributed by atoms with Crippen molar-refractivity contribution in [1.82, 2.24) is 5.43 Å². The zero-order valence-corrected chi connectivity index (χ0v) is 14.9. The van der Waals surface area contributed by atoms with Crippen LogP contribution < -0.4 is 10.2 Å². The van der Waals surface area contributed by atoms with Crippen molar-refractivity contribution in [3.05, 3.63) is 61.6 Å². The van der Waals surface area contributed by atoms with Gasteiger partial charge in [0.15, 0.2) is 0 Å². The Labute approximate surface area is 144 Å². The molecule has 2 rings (SSSR count). The van der Waals surface area contributed by atoms with Gasteiger partial charge in [-0.2, -0.15) is 5.10 Å². The molecule has 0 aliphatic carbocycles. The number of hydrogen-bond donors (Lipinski definition) is 1. The lowest BCUT2D eigenvalue weighted by molar-refractivity contribution is 0.0955. The van der Waals surface area contributed by atoms with Gasteiger partial charge in [-0.15, -0.1) is 0 Å². The highest BCUT2D eigenvalue weighted by Gasteiger charge is 2.04. The average molecular weight is 459 g/mol. The summed E-state index contributed by atoms with van der Waals surface area (Å²) in [5.74, 6) is 0.479. The molecule has 0 saturated carbocycles. The molecule has 6 heteroatoms. The summed E-state index contributed by atoms with van der Waals surface area (Å²) in [6.07, 6.45) is 1.57. The molecular weight excluding hydrogens is 447 g/mol. The number of halogens is 2. The van der Waals surface area contributed by atoms with Crippen LogP contribution >= 0.6 is 38.5 Å². The summed E-state index contributed by atoms with van der Waals surface area (Å²) in [7, 11) is 1.60. The summed E-state index contributed by atoms with van der Waals surface area (Å²) in [6, 6.07) is 12.8. The molecule has 1 amide bonds. The smallest absolute Gasteiger partial charge is 0.271 e. The van der Waals surface area contributed by atoms with E-state index in [0.717, 1.165) is 19.4 Å². The predicted molar refractivity (Wildman–Crippen MR) is 94.9 cm³/mol. The molecule has 108 valence electrons. The Morgan fingerprint density at radius 2 is 2.14 bits per heavy atom. The lowest BCUT2D eigenvalue weighted by Crippen LogP contribution is -2.17. The van der Waals surface area contributed by atoms with Gasteiger partial charge in [-0.3, -0.25) is 4.79 Å². The van der Waals surface area contributed by atoms with Gasteiger partial charge in [-0.1, -0.05) is 22.0 Å². The van der Waals surface area contributed by atoms with Crippen LogP contribution in [0.25, 0.3) is 0 Å². The van der Waals surface area contributed by atoms with Crippen molar-refractivity contribution < 1.29 is 9.53 Å². The maximum absolute atomic E-state index is 11.9. The van der Waals surface area contributed by atoms with Gasteiger partial charge in [-0.05, 0) is 59.0 Å². The summed E-state index contributed by atoms with van der Waals surface area (Å²) >= 11 is 5.58. The molecule has 0 aliphatic heterocycles. The quantitative estimate of drug-likeness (QED) is 0.430. The number of ether oxygens (including phenoxy) is 1. The molecule has 1 N–H and O–H groups in total. The first-order chi connectivity index (χ1) is 10.1. The number of nitrogens with one attached hydrogen (secondary N) is 1. The topological polar surface area (TPSA) is 50.7 Å². The molecule has 0 aliphatic rings. The van der Waals surface area contributed by atoms with Crippen molar-refractivity contribution in [2.75, 3.05) is 7.11 Å². The highest BCUT2D eigenvalue weighted by molar-refractivity contribution is 14.1. The fourth-order valence-electron chi connectivity index (χ4n) is 1.60. The Balaban J connectivity index is 2.07. The van der Waals surface area contributed by atoms with Crippen LogP contribution in [0.3, 0.4) is 0 Å². The van der Waals surface area contributed by atoms with Crippen molar-refractivity contribution in [2.45, 2.75) is 0 Å². The van der Waals surface area contributed by atoms with Crippen LogP contribution in [-0.2, 0) is 0 Å². The van der Waals surface area contributed by atoms with Gasteiger partial charge < -0.3 is 4.74 Å². The zero-order valence-electron chi connectivity index (χ0n) is 11.1. The number of nitrogens with zero attached hydrogens (tertiary/aromatic N) is 1. The number of carbonyl (C=O) groups is 1. The van der Waals surface area contributed by atoms with Gasteiger partial charge >= 0.3 is 0 Å². The zero-order chi connectivity index (χ0) is 15.2. The molecule has 4 nitrogen and oxygen atoms in total. The number of hydrogen-bond acceptors (Lipinski definition) is 3. The number of benzene rings is 2. The molecule has 0 radical (unpaired) electrons. The van der Waals surface area contributed by atoms with Crippen LogP contribution in [0.5, 0.6) is 5.75 Å². The van der Waals surface area contributed by atoms with Gasteiger partial charge in [-0.25, -0.2) is 5.43 Å². The second-order valence-electron chi connectivity index (χ2n) is 4.10. The molecule has 21 heavy (non-hydrogen) atoms. The van der Waals surface area contributed by atoms with E-state index in [4.69, 9.17) is 4.74 Å². The van der Waals surface area contributed by atoms with E-state index in [0.29, 0.717) is 5.56 Å². The molecule has 0 spiro atoms. The maximum Gasteiger partial charge on any atom is 0.271 e. The van der Waals surface area contributed by atoms with Crippen molar-refractivity contribution in [3.63, 3.8) is 0 Å². The predicted octanol–water partition coefficient (Wildman–Crippen LogP) is 3.83. The van der Waals surface area contributed by atoms with Gasteiger partial charge in [0.1, 0.15) is 5.75 Å². The van der Waals surface area contributed by atoms with Gasteiger partial charge in [0, 0.05) is 19.2 Å². The van der Waals surface area contributed by atoms with Crippen LogP contribution in [-0.4, -0.2) is 19.2 Å². The van der Waals surface area contributed by atoms with E-state index in [2.05, 4.69) is 49.0 Å². The molecule has 2 aromatic carbocycles. The summed E-state index contributed by atoms with van der Waals surface area (Å²) < 4.78 is 7.02. The van der Waals surface area contributed by atoms with E-state index in [9.17, 15) is 4.79 Å². The second kappa shape index (κ2) is 7.56. The number of carbonyl (C=O) groups excluding carboxylic acids is 1. The Kier molecular flexibility index (Phi) is 5.75. The summed E-state index contributed by atoms with van der Waals surface area (Å²) in [6.45, 7) is 0. The van der Waals surface area contributed by atoms with Crippen LogP contribution in [0.15, 0.2) is 52.0 Å². The fourth-order valence-corrected chi connectivity index (χ4v) is 2.49. The van der Waals surface area contributed by atoms with E-state index < -0.39 is 0 Å². The fraction of sp³-hybridized carbons (Fsp3) is 0.0667. The first-order valence-corrected chi connectivity index (χ1v) is 7.90. The number of amides is 1. The average Bonchev–Trinajstić information content (AvgIpc) is 2.49. The largest absolute Gasteiger partial charge is 0.497 e. The van der Waals surface area contributed by atoms with Crippen LogP contribution in [0.2, 0.25) is 0 Å². The Morgan fingerprint density at radius 3 is 2.86 bits per heavy atom. The van der Waals surface area contributed by atoms with Crippen molar-refractivity contribution >= 4 is 50.6 Å². The van der Waals surface area contributed by atoms with Gasteiger partial charge in [0.05, 0.1) is 13.3 Å². The monoisotopic (exact) mass is 458 g/mol.